The minimum atomic E-state index is -0.153. The van der Waals surface area contributed by atoms with Crippen molar-refractivity contribution in [1.29, 1.82) is 0 Å². The molecular formula is C18H39NNa2O. The molecule has 0 atom stereocenters. The molecule has 0 bridgehead atoms. The number of carbonyl (C=O) groups is 1. The third kappa shape index (κ3) is 26.4. The third-order valence-electron chi connectivity index (χ3n) is 4.03. The van der Waals surface area contributed by atoms with Crippen molar-refractivity contribution in [3.05, 3.63) is 0 Å². The minimum absolute atomic E-state index is 0. The van der Waals surface area contributed by atoms with Crippen molar-refractivity contribution in [2.24, 2.45) is 5.73 Å². The molecule has 0 rings (SSSR count). The predicted octanol–water partition coefficient (Wildman–Crippen LogP) is -0.0338. The third-order valence-corrected chi connectivity index (χ3v) is 4.03. The maximum atomic E-state index is 10.6. The number of hydrogen-bond acceptors (Lipinski definition) is 1. The summed E-state index contributed by atoms with van der Waals surface area (Å²) in [6.07, 6.45) is 20.9. The fraction of sp³-hybridized carbons (Fsp3) is 0.944. The molecule has 1 amide bonds. The van der Waals surface area contributed by atoms with Gasteiger partial charge in [0.1, 0.15) is 0 Å². The van der Waals surface area contributed by atoms with Gasteiger partial charge in [0.15, 0.2) is 0 Å². The second-order valence-electron chi connectivity index (χ2n) is 6.17. The fourth-order valence-electron chi connectivity index (χ4n) is 2.67. The van der Waals surface area contributed by atoms with Crippen molar-refractivity contribution in [2.45, 2.75) is 110 Å². The van der Waals surface area contributed by atoms with Gasteiger partial charge in [-0.2, -0.15) is 0 Å². The first-order chi connectivity index (χ1) is 9.77. The monoisotopic (exact) mass is 331 g/mol. The molecule has 0 saturated heterocycles. The molecule has 0 radical (unpaired) electrons. The van der Waals surface area contributed by atoms with Crippen LogP contribution < -0.4 is 64.8 Å². The molecule has 0 heterocycles. The van der Waals surface area contributed by atoms with Crippen LogP contribution in [0.2, 0.25) is 0 Å². The van der Waals surface area contributed by atoms with E-state index < -0.39 is 0 Å². The van der Waals surface area contributed by atoms with Crippen LogP contribution in [-0.2, 0) is 4.79 Å². The van der Waals surface area contributed by atoms with E-state index in [0.717, 1.165) is 6.42 Å². The predicted molar refractivity (Wildman–Crippen MR) is 91.0 cm³/mol. The Bertz CT molecular complexity index is 223. The molecular weight excluding hydrogens is 292 g/mol. The van der Waals surface area contributed by atoms with Gasteiger partial charge in [0, 0.05) is 6.42 Å². The van der Waals surface area contributed by atoms with Crippen LogP contribution in [0.4, 0.5) is 0 Å². The van der Waals surface area contributed by atoms with Crippen LogP contribution in [-0.4, -0.2) is 5.91 Å². The van der Waals surface area contributed by atoms with Gasteiger partial charge in [-0.05, 0) is 6.42 Å². The maximum absolute atomic E-state index is 10.6. The molecule has 0 spiro atoms. The van der Waals surface area contributed by atoms with Crippen LogP contribution in [0, 0.1) is 0 Å². The van der Waals surface area contributed by atoms with Crippen LogP contribution >= 0.6 is 0 Å². The number of nitrogens with two attached hydrogens (primary N) is 1. The van der Waals surface area contributed by atoms with Crippen LogP contribution in [0.1, 0.15) is 113 Å². The van der Waals surface area contributed by atoms with Crippen molar-refractivity contribution in [2.75, 3.05) is 0 Å². The summed E-state index contributed by atoms with van der Waals surface area (Å²) in [6.45, 7) is 2.28. The van der Waals surface area contributed by atoms with Crippen molar-refractivity contribution in [1.82, 2.24) is 0 Å². The largest absolute Gasteiger partial charge is 1.00 e. The molecule has 4 heteroatoms. The standard InChI is InChI=1S/C18H37NO.2Na.2H/c1-2-3-4-5-6-7-8-9-10-11-12-13-14-15-16-17-18(19)20;;;;/h2-17H2,1H3,(H2,19,20);;;;/q;2*+1;2*-1. The Morgan fingerprint density at radius 2 is 0.909 bits per heavy atom. The average Bonchev–Trinajstić information content (AvgIpc) is 2.43. The Morgan fingerprint density at radius 3 is 1.18 bits per heavy atom. The number of rotatable bonds is 16. The van der Waals surface area contributed by atoms with E-state index in [-0.39, 0.29) is 67.9 Å². The summed E-state index contributed by atoms with van der Waals surface area (Å²) >= 11 is 0. The van der Waals surface area contributed by atoms with Gasteiger partial charge in [-0.25, -0.2) is 0 Å². The Hall–Kier alpha value is 1.47. The molecule has 0 aliphatic carbocycles. The van der Waals surface area contributed by atoms with E-state index in [2.05, 4.69) is 6.92 Å². The van der Waals surface area contributed by atoms with Crippen LogP contribution in [0.15, 0.2) is 0 Å². The Balaban J connectivity index is -0.000000301. The quantitative estimate of drug-likeness (QED) is 0.313. The van der Waals surface area contributed by atoms with Gasteiger partial charge in [-0.15, -0.1) is 0 Å². The van der Waals surface area contributed by atoms with E-state index in [9.17, 15) is 4.79 Å². The van der Waals surface area contributed by atoms with Gasteiger partial charge in [0.25, 0.3) is 0 Å². The van der Waals surface area contributed by atoms with E-state index in [0.29, 0.717) is 6.42 Å². The van der Waals surface area contributed by atoms with Crippen molar-refractivity contribution in [3.63, 3.8) is 0 Å². The Labute approximate surface area is 186 Å². The Kier molecular flexibility index (Phi) is 31.8. The number of amides is 1. The van der Waals surface area contributed by atoms with Crippen molar-refractivity contribution >= 4 is 5.91 Å². The van der Waals surface area contributed by atoms with E-state index in [1.807, 2.05) is 0 Å². The summed E-state index contributed by atoms with van der Waals surface area (Å²) in [6, 6.07) is 0. The van der Waals surface area contributed by atoms with Crippen LogP contribution in [0.3, 0.4) is 0 Å². The molecule has 0 saturated carbocycles. The summed E-state index contributed by atoms with van der Waals surface area (Å²) in [5.41, 5.74) is 5.11. The fourth-order valence-corrected chi connectivity index (χ4v) is 2.67. The van der Waals surface area contributed by atoms with Gasteiger partial charge >= 0.3 is 59.1 Å². The zero-order chi connectivity index (χ0) is 14.9. The van der Waals surface area contributed by atoms with Gasteiger partial charge in [-0.1, -0.05) is 96.8 Å². The molecule has 0 aromatic rings. The van der Waals surface area contributed by atoms with Crippen LogP contribution in [0.5, 0.6) is 0 Å². The average molecular weight is 331 g/mol. The second kappa shape index (κ2) is 24.7. The van der Waals surface area contributed by atoms with E-state index >= 15 is 0 Å². The molecule has 2 nitrogen and oxygen atoms in total. The Morgan fingerprint density at radius 1 is 0.636 bits per heavy atom. The van der Waals surface area contributed by atoms with E-state index in [1.165, 1.54) is 89.9 Å². The molecule has 0 aromatic heterocycles. The number of unbranched alkanes of at least 4 members (excludes halogenated alkanes) is 14. The molecule has 2 N–H and O–H groups in total. The van der Waals surface area contributed by atoms with Gasteiger partial charge in [0.05, 0.1) is 0 Å². The number of primary amides is 1. The maximum Gasteiger partial charge on any atom is 1.00 e. The van der Waals surface area contributed by atoms with Crippen molar-refractivity contribution < 1.29 is 66.8 Å². The zero-order valence-electron chi connectivity index (χ0n) is 17.8. The van der Waals surface area contributed by atoms with Gasteiger partial charge < -0.3 is 8.59 Å². The van der Waals surface area contributed by atoms with Gasteiger partial charge in [0.2, 0.25) is 5.91 Å². The topological polar surface area (TPSA) is 43.1 Å². The second-order valence-corrected chi connectivity index (χ2v) is 6.17. The first-order valence-electron chi connectivity index (χ1n) is 9.05. The molecule has 0 aromatic carbocycles. The molecule has 0 fully saturated rings. The molecule has 124 valence electrons. The first-order valence-corrected chi connectivity index (χ1v) is 9.05. The zero-order valence-corrected chi connectivity index (χ0v) is 19.8. The minimum Gasteiger partial charge on any atom is -1.00 e. The first kappa shape index (κ1) is 28.3. The smallest absolute Gasteiger partial charge is 1.00 e. The SMILES string of the molecule is CCCCCCCCCCCCCCCCCC(N)=O.[H-].[H-].[Na+].[Na+]. The van der Waals surface area contributed by atoms with Gasteiger partial charge in [-0.3, -0.25) is 4.79 Å². The van der Waals surface area contributed by atoms with Crippen molar-refractivity contribution in [3.8, 4) is 0 Å². The summed E-state index contributed by atoms with van der Waals surface area (Å²) < 4.78 is 0. The van der Waals surface area contributed by atoms with E-state index in [1.54, 1.807) is 0 Å². The summed E-state index contributed by atoms with van der Waals surface area (Å²) in [7, 11) is 0. The molecule has 0 unspecified atom stereocenters. The normalized spacial score (nSPS) is 9.86. The molecule has 22 heavy (non-hydrogen) atoms. The number of hydrogen-bond donors (Lipinski definition) is 1. The summed E-state index contributed by atoms with van der Waals surface area (Å²) in [4.78, 5) is 10.6. The molecule has 0 aliphatic heterocycles. The van der Waals surface area contributed by atoms with E-state index in [4.69, 9.17) is 5.73 Å². The van der Waals surface area contributed by atoms with Crippen LogP contribution in [0.25, 0.3) is 0 Å². The number of carbonyl (C=O) groups excluding carboxylic acids is 1. The summed E-state index contributed by atoms with van der Waals surface area (Å²) in [5.74, 6) is -0.153. The summed E-state index contributed by atoms with van der Waals surface area (Å²) in [5, 5.41) is 0. The molecule has 0 aliphatic rings.